The minimum absolute atomic E-state index is 0.181. The van der Waals surface area contributed by atoms with Crippen molar-refractivity contribution in [3.63, 3.8) is 0 Å². The number of aromatic amines is 1. The normalized spacial score (nSPS) is 23.6. The minimum Gasteiger partial charge on any atom is -0.507 e. The molecule has 2 atom stereocenters. The number of anilines is 1. The summed E-state index contributed by atoms with van der Waals surface area (Å²) in [6, 6.07) is 9.37. The quantitative estimate of drug-likeness (QED) is 0.547. The number of aromatic hydroxyl groups is 1. The van der Waals surface area contributed by atoms with Crippen LogP contribution in [-0.4, -0.2) is 45.1 Å². The summed E-state index contributed by atoms with van der Waals surface area (Å²) in [5.74, 6) is 3.26. The molecule has 2 bridgehead atoms. The Morgan fingerprint density at radius 2 is 1.89 bits per heavy atom. The minimum atomic E-state index is 0.181. The van der Waals surface area contributed by atoms with Crippen LogP contribution in [0.25, 0.3) is 22.4 Å². The number of fused-ring (bicyclic) bond motifs is 2. The number of rotatable bonds is 5. The van der Waals surface area contributed by atoms with Crippen LogP contribution in [0.5, 0.6) is 5.75 Å². The van der Waals surface area contributed by atoms with E-state index in [0.717, 1.165) is 54.3 Å². The molecular formula is C21H24N6O. The number of hydrogen-bond donors (Lipinski definition) is 4. The van der Waals surface area contributed by atoms with Gasteiger partial charge in [-0.25, -0.2) is 0 Å². The van der Waals surface area contributed by atoms with Crippen LogP contribution >= 0.6 is 0 Å². The highest BCUT2D eigenvalue weighted by molar-refractivity contribution is 5.73. The number of phenolic OH excluding ortho intramolecular Hbond substituents is 1. The third kappa shape index (κ3) is 3.22. The number of H-pyrrole nitrogens is 1. The second-order valence-electron chi connectivity index (χ2n) is 7.82. The Kier molecular flexibility index (Phi) is 4.44. The van der Waals surface area contributed by atoms with Crippen LogP contribution in [0.2, 0.25) is 0 Å². The monoisotopic (exact) mass is 376 g/mol. The Labute approximate surface area is 163 Å². The first-order chi connectivity index (χ1) is 13.8. The molecular weight excluding hydrogens is 352 g/mol. The fraction of sp³-hybridized carbons (Fsp3) is 0.381. The first kappa shape index (κ1) is 17.2. The second kappa shape index (κ2) is 7.24. The van der Waals surface area contributed by atoms with Crippen LogP contribution in [0, 0.1) is 17.8 Å². The summed E-state index contributed by atoms with van der Waals surface area (Å²) in [4.78, 5) is 0. The maximum atomic E-state index is 10.4. The Hall–Kier alpha value is -2.93. The summed E-state index contributed by atoms with van der Waals surface area (Å²) < 4.78 is 0. The number of aromatic nitrogens is 4. The molecule has 2 aromatic heterocycles. The summed E-state index contributed by atoms with van der Waals surface area (Å²) in [6.45, 7) is 3.23. The van der Waals surface area contributed by atoms with E-state index in [1.54, 1.807) is 18.5 Å². The van der Waals surface area contributed by atoms with E-state index in [2.05, 4.69) is 31.0 Å². The molecule has 5 rings (SSSR count). The fourth-order valence-electron chi connectivity index (χ4n) is 4.66. The molecule has 2 unspecified atom stereocenters. The SMILES string of the molecule is Oc1cc(-c2cn[nH]c2)ccc1-c1ccc(NCC2C3CCC2CNC3)nn1. The molecule has 1 aliphatic carbocycles. The van der Waals surface area contributed by atoms with Crippen molar-refractivity contribution < 1.29 is 5.11 Å². The van der Waals surface area contributed by atoms with Gasteiger partial charge in [-0.2, -0.15) is 5.10 Å². The lowest BCUT2D eigenvalue weighted by atomic mass is 9.86. The average Bonchev–Trinajstić information content (AvgIpc) is 3.33. The van der Waals surface area contributed by atoms with Crippen molar-refractivity contribution in [1.29, 1.82) is 0 Å². The zero-order valence-electron chi connectivity index (χ0n) is 15.6. The molecule has 1 aliphatic heterocycles. The zero-order valence-corrected chi connectivity index (χ0v) is 15.6. The Balaban J connectivity index is 1.27. The third-order valence-electron chi connectivity index (χ3n) is 6.22. The van der Waals surface area contributed by atoms with E-state index < -0.39 is 0 Å². The molecule has 3 aromatic rings. The molecule has 0 spiro atoms. The van der Waals surface area contributed by atoms with Crippen LogP contribution in [0.3, 0.4) is 0 Å². The molecule has 4 N–H and O–H groups in total. The van der Waals surface area contributed by atoms with Crippen molar-refractivity contribution in [1.82, 2.24) is 25.7 Å². The lowest BCUT2D eigenvalue weighted by Crippen LogP contribution is -2.41. The Morgan fingerprint density at radius 3 is 2.57 bits per heavy atom. The van der Waals surface area contributed by atoms with E-state index in [1.807, 2.05) is 24.3 Å². The van der Waals surface area contributed by atoms with Crippen molar-refractivity contribution in [2.24, 2.45) is 17.8 Å². The molecule has 28 heavy (non-hydrogen) atoms. The lowest BCUT2D eigenvalue weighted by molar-refractivity contribution is 0.258. The molecule has 1 saturated heterocycles. The number of benzene rings is 1. The van der Waals surface area contributed by atoms with Crippen LogP contribution < -0.4 is 10.6 Å². The van der Waals surface area contributed by atoms with Gasteiger partial charge in [0.05, 0.1) is 11.9 Å². The van der Waals surface area contributed by atoms with Crippen molar-refractivity contribution in [3.8, 4) is 28.1 Å². The molecule has 2 aliphatic rings. The average molecular weight is 376 g/mol. The summed E-state index contributed by atoms with van der Waals surface area (Å²) in [6.07, 6.45) is 6.19. The number of hydrogen-bond acceptors (Lipinski definition) is 6. The van der Waals surface area contributed by atoms with Gasteiger partial charge < -0.3 is 15.7 Å². The van der Waals surface area contributed by atoms with Crippen LogP contribution in [-0.2, 0) is 0 Å². The number of nitrogens with one attached hydrogen (secondary N) is 3. The highest BCUT2D eigenvalue weighted by Gasteiger charge is 2.38. The first-order valence-corrected chi connectivity index (χ1v) is 9.89. The largest absolute Gasteiger partial charge is 0.507 e. The summed E-state index contributed by atoms with van der Waals surface area (Å²) >= 11 is 0. The van der Waals surface area contributed by atoms with E-state index in [1.165, 1.54) is 12.8 Å². The van der Waals surface area contributed by atoms with Crippen LogP contribution in [0.15, 0.2) is 42.7 Å². The maximum Gasteiger partial charge on any atom is 0.148 e. The van der Waals surface area contributed by atoms with Gasteiger partial charge in [0.15, 0.2) is 0 Å². The Bertz CT molecular complexity index is 924. The van der Waals surface area contributed by atoms with Crippen molar-refractivity contribution in [3.05, 3.63) is 42.7 Å². The van der Waals surface area contributed by atoms with E-state index in [4.69, 9.17) is 0 Å². The number of phenols is 1. The molecule has 0 amide bonds. The summed E-state index contributed by atoms with van der Waals surface area (Å²) in [5, 5.41) is 32.8. The van der Waals surface area contributed by atoms with Gasteiger partial charge in [0, 0.05) is 23.9 Å². The first-order valence-electron chi connectivity index (χ1n) is 9.89. The maximum absolute atomic E-state index is 10.4. The predicted molar refractivity (Wildman–Crippen MR) is 108 cm³/mol. The molecule has 2 fully saturated rings. The van der Waals surface area contributed by atoms with Crippen LogP contribution in [0.4, 0.5) is 5.82 Å². The third-order valence-corrected chi connectivity index (χ3v) is 6.22. The van der Waals surface area contributed by atoms with Crippen molar-refractivity contribution in [2.75, 3.05) is 25.0 Å². The topological polar surface area (TPSA) is 98.8 Å². The van der Waals surface area contributed by atoms with E-state index in [9.17, 15) is 5.11 Å². The van der Waals surface area contributed by atoms with Gasteiger partial charge in [0.2, 0.25) is 0 Å². The molecule has 7 nitrogen and oxygen atoms in total. The van der Waals surface area contributed by atoms with Gasteiger partial charge >= 0.3 is 0 Å². The van der Waals surface area contributed by atoms with E-state index in [0.29, 0.717) is 11.3 Å². The number of piperidine rings is 1. The molecule has 1 saturated carbocycles. The molecule has 7 heteroatoms. The molecule has 0 radical (unpaired) electrons. The van der Waals surface area contributed by atoms with Crippen molar-refractivity contribution >= 4 is 5.82 Å². The van der Waals surface area contributed by atoms with Gasteiger partial charge in [-0.05, 0) is 73.5 Å². The molecule has 144 valence electrons. The highest BCUT2D eigenvalue weighted by atomic mass is 16.3. The predicted octanol–water partition coefficient (Wildman–Crippen LogP) is 2.90. The summed E-state index contributed by atoms with van der Waals surface area (Å²) in [7, 11) is 0. The van der Waals surface area contributed by atoms with Gasteiger partial charge in [0.25, 0.3) is 0 Å². The van der Waals surface area contributed by atoms with Gasteiger partial charge in [-0.15, -0.1) is 10.2 Å². The highest BCUT2D eigenvalue weighted by Crippen LogP contribution is 2.39. The second-order valence-corrected chi connectivity index (χ2v) is 7.82. The van der Waals surface area contributed by atoms with Gasteiger partial charge in [-0.3, -0.25) is 5.10 Å². The summed E-state index contributed by atoms with van der Waals surface area (Å²) in [5.41, 5.74) is 3.16. The standard InChI is InChI=1S/C21H24N6O/c28-20-7-13(16-10-24-25-11-16)3-4-17(20)19-5-6-21(27-26-19)23-12-18-14-1-2-15(18)9-22-8-14/h3-7,10-11,14-15,18,22,28H,1-2,8-9,12H2,(H,23,27)(H,24,25). The van der Waals surface area contributed by atoms with E-state index >= 15 is 0 Å². The van der Waals surface area contributed by atoms with Gasteiger partial charge in [0.1, 0.15) is 11.6 Å². The van der Waals surface area contributed by atoms with E-state index in [-0.39, 0.29) is 5.75 Å². The smallest absolute Gasteiger partial charge is 0.148 e. The van der Waals surface area contributed by atoms with Gasteiger partial charge in [-0.1, -0.05) is 6.07 Å². The lowest BCUT2D eigenvalue weighted by Gasteiger charge is -2.30. The zero-order chi connectivity index (χ0) is 18.9. The number of nitrogens with zero attached hydrogens (tertiary/aromatic N) is 3. The molecule has 1 aromatic carbocycles. The van der Waals surface area contributed by atoms with Crippen LogP contribution in [0.1, 0.15) is 12.8 Å². The molecule has 3 heterocycles. The van der Waals surface area contributed by atoms with Crippen molar-refractivity contribution in [2.45, 2.75) is 12.8 Å². The fourth-order valence-corrected chi connectivity index (χ4v) is 4.66. The Morgan fingerprint density at radius 1 is 1.04 bits per heavy atom.